The quantitative estimate of drug-likeness (QED) is 0.768. The van der Waals surface area contributed by atoms with Gasteiger partial charge in [-0.15, -0.1) is 0 Å². The van der Waals surface area contributed by atoms with Gasteiger partial charge in [-0.05, 0) is 12.1 Å². The zero-order chi connectivity index (χ0) is 13.2. The average molecular weight is 257 g/mol. The molecule has 7 heteroatoms. The summed E-state index contributed by atoms with van der Waals surface area (Å²) >= 11 is 0. The molecule has 1 aromatic heterocycles. The van der Waals surface area contributed by atoms with Gasteiger partial charge in [0.15, 0.2) is 6.10 Å². The Bertz CT molecular complexity index is 469. The minimum atomic E-state index is -4.40. The summed E-state index contributed by atoms with van der Waals surface area (Å²) < 4.78 is 42.4. The van der Waals surface area contributed by atoms with Gasteiger partial charge in [-0.1, -0.05) is 0 Å². The van der Waals surface area contributed by atoms with E-state index in [0.29, 0.717) is 0 Å². The predicted octanol–water partition coefficient (Wildman–Crippen LogP) is 1.72. The summed E-state index contributed by atoms with van der Waals surface area (Å²) in [6, 6.07) is 5.02. The highest BCUT2D eigenvalue weighted by Gasteiger charge is 2.43. The first-order valence-corrected chi connectivity index (χ1v) is 5.31. The summed E-state index contributed by atoms with van der Waals surface area (Å²) in [4.78, 5) is 5.40. The van der Waals surface area contributed by atoms with Crippen molar-refractivity contribution in [1.29, 1.82) is 5.26 Å². The van der Waals surface area contributed by atoms with Crippen LogP contribution in [0.3, 0.4) is 0 Å². The molecule has 0 aliphatic carbocycles. The van der Waals surface area contributed by atoms with Gasteiger partial charge < -0.3 is 9.64 Å². The van der Waals surface area contributed by atoms with Crippen molar-refractivity contribution in [3.05, 3.63) is 23.9 Å². The molecule has 0 aromatic carbocycles. The lowest BCUT2D eigenvalue weighted by molar-refractivity contribution is -0.221. The molecule has 0 spiro atoms. The number of hydrogen-bond donors (Lipinski definition) is 0. The van der Waals surface area contributed by atoms with E-state index in [1.807, 2.05) is 6.07 Å². The van der Waals surface area contributed by atoms with Crippen LogP contribution < -0.4 is 4.90 Å². The van der Waals surface area contributed by atoms with Crippen LogP contribution in [0.25, 0.3) is 0 Å². The summed E-state index contributed by atoms with van der Waals surface area (Å²) in [5.41, 5.74) is 0.264. The Hall–Kier alpha value is -1.81. The summed E-state index contributed by atoms with van der Waals surface area (Å²) in [6.45, 7) is -0.0842. The van der Waals surface area contributed by atoms with Gasteiger partial charge >= 0.3 is 6.18 Å². The van der Waals surface area contributed by atoms with Gasteiger partial charge in [0.2, 0.25) is 0 Å². The fourth-order valence-electron chi connectivity index (χ4n) is 1.78. The number of aromatic nitrogens is 1. The highest BCUT2D eigenvalue weighted by Crippen LogP contribution is 2.28. The second-order valence-electron chi connectivity index (χ2n) is 3.83. The number of ether oxygens (including phenoxy) is 1. The molecule has 1 aromatic rings. The van der Waals surface area contributed by atoms with E-state index in [-0.39, 0.29) is 31.1 Å². The molecule has 1 aliphatic rings. The lowest BCUT2D eigenvalue weighted by Gasteiger charge is -2.34. The van der Waals surface area contributed by atoms with E-state index in [1.165, 1.54) is 17.2 Å². The molecule has 4 nitrogen and oxygen atoms in total. The molecule has 0 bridgehead atoms. The monoisotopic (exact) mass is 257 g/mol. The second kappa shape index (κ2) is 4.82. The molecule has 1 atom stereocenters. The van der Waals surface area contributed by atoms with Crippen molar-refractivity contribution in [2.45, 2.75) is 12.3 Å². The third-order valence-electron chi connectivity index (χ3n) is 2.64. The van der Waals surface area contributed by atoms with Crippen molar-refractivity contribution in [1.82, 2.24) is 4.98 Å². The average Bonchev–Trinajstić information content (AvgIpc) is 2.38. The number of morpholine rings is 1. The highest BCUT2D eigenvalue weighted by molar-refractivity contribution is 5.53. The fourth-order valence-corrected chi connectivity index (χ4v) is 1.78. The summed E-state index contributed by atoms with van der Waals surface area (Å²) in [5, 5.41) is 8.90. The summed E-state index contributed by atoms with van der Waals surface area (Å²) in [7, 11) is 0. The molecule has 1 aliphatic heterocycles. The van der Waals surface area contributed by atoms with Crippen molar-refractivity contribution < 1.29 is 17.9 Å². The van der Waals surface area contributed by atoms with Gasteiger partial charge in [-0.25, -0.2) is 4.98 Å². The summed E-state index contributed by atoms with van der Waals surface area (Å²) in [6.07, 6.45) is -4.78. The zero-order valence-electron chi connectivity index (χ0n) is 9.31. The van der Waals surface area contributed by atoms with Crippen LogP contribution in [0.15, 0.2) is 18.3 Å². The van der Waals surface area contributed by atoms with E-state index in [0.717, 1.165) is 0 Å². The molecular weight excluding hydrogens is 247 g/mol. The minimum Gasteiger partial charge on any atom is -0.365 e. The van der Waals surface area contributed by atoms with E-state index >= 15 is 0 Å². The Morgan fingerprint density at radius 3 is 2.94 bits per heavy atom. The largest absolute Gasteiger partial charge is 0.416 e. The van der Waals surface area contributed by atoms with Gasteiger partial charge in [0.25, 0.3) is 0 Å². The molecular formula is C11H10F3N3O. The lowest BCUT2D eigenvalue weighted by Crippen LogP contribution is -2.49. The minimum absolute atomic E-state index is 0.0361. The molecule has 0 saturated carbocycles. The molecule has 2 heterocycles. The SMILES string of the molecule is N#Cc1cccnc1N1CCOC(C(F)(F)F)C1. The number of alkyl halides is 3. The van der Waals surface area contributed by atoms with Gasteiger partial charge in [0.05, 0.1) is 18.7 Å². The zero-order valence-corrected chi connectivity index (χ0v) is 9.31. The molecule has 1 unspecified atom stereocenters. The molecule has 0 amide bonds. The number of nitriles is 1. The Balaban J connectivity index is 2.21. The lowest BCUT2D eigenvalue weighted by atomic mass is 10.2. The first kappa shape index (κ1) is 12.6. The summed E-state index contributed by atoms with van der Waals surface area (Å²) in [5.74, 6) is 0.276. The van der Waals surface area contributed by atoms with Crippen LogP contribution in [0.5, 0.6) is 0 Å². The number of rotatable bonds is 1. The van der Waals surface area contributed by atoms with E-state index in [9.17, 15) is 13.2 Å². The van der Waals surface area contributed by atoms with Crippen molar-refractivity contribution >= 4 is 5.82 Å². The maximum atomic E-state index is 12.6. The number of anilines is 1. The maximum Gasteiger partial charge on any atom is 0.416 e. The van der Waals surface area contributed by atoms with Crippen molar-refractivity contribution in [3.8, 4) is 6.07 Å². The molecule has 0 N–H and O–H groups in total. The van der Waals surface area contributed by atoms with Crippen molar-refractivity contribution in [2.24, 2.45) is 0 Å². The molecule has 1 saturated heterocycles. The number of pyridine rings is 1. The number of halogens is 3. The highest BCUT2D eigenvalue weighted by atomic mass is 19.4. The van der Waals surface area contributed by atoms with Crippen LogP contribution >= 0.6 is 0 Å². The Morgan fingerprint density at radius 2 is 2.28 bits per heavy atom. The fraction of sp³-hybridized carbons (Fsp3) is 0.455. The standard InChI is InChI=1S/C11H10F3N3O/c12-11(13,14)9-7-17(4-5-18-9)10-8(6-15)2-1-3-16-10/h1-3,9H,4-5,7H2. The van der Waals surface area contributed by atoms with Crippen LogP contribution in [0.1, 0.15) is 5.56 Å². The van der Waals surface area contributed by atoms with Crippen molar-refractivity contribution in [2.75, 3.05) is 24.6 Å². The van der Waals surface area contributed by atoms with Crippen molar-refractivity contribution in [3.63, 3.8) is 0 Å². The van der Waals surface area contributed by atoms with E-state index in [2.05, 4.69) is 4.98 Å². The van der Waals surface area contributed by atoms with Crippen LogP contribution in [-0.2, 0) is 4.74 Å². The first-order chi connectivity index (χ1) is 8.52. The van der Waals surface area contributed by atoms with Gasteiger partial charge in [0.1, 0.15) is 11.9 Å². The second-order valence-corrected chi connectivity index (χ2v) is 3.83. The van der Waals surface area contributed by atoms with Gasteiger partial charge in [0, 0.05) is 12.7 Å². The normalized spacial score (nSPS) is 20.6. The van der Waals surface area contributed by atoms with E-state index in [1.54, 1.807) is 6.07 Å². The molecule has 2 rings (SSSR count). The Labute approximate surface area is 102 Å². The number of hydrogen-bond acceptors (Lipinski definition) is 4. The van der Waals surface area contributed by atoms with Gasteiger partial charge in [-0.3, -0.25) is 0 Å². The van der Waals surface area contributed by atoms with Crippen LogP contribution in [0.2, 0.25) is 0 Å². The smallest absolute Gasteiger partial charge is 0.365 e. The predicted molar refractivity (Wildman–Crippen MR) is 57.0 cm³/mol. The topological polar surface area (TPSA) is 49.2 Å². The van der Waals surface area contributed by atoms with Gasteiger partial charge in [-0.2, -0.15) is 18.4 Å². The van der Waals surface area contributed by atoms with E-state index in [4.69, 9.17) is 10.00 Å². The molecule has 1 fully saturated rings. The van der Waals surface area contributed by atoms with Crippen LogP contribution in [0, 0.1) is 11.3 Å². The Morgan fingerprint density at radius 1 is 1.50 bits per heavy atom. The first-order valence-electron chi connectivity index (χ1n) is 5.31. The maximum absolute atomic E-state index is 12.6. The third kappa shape index (κ3) is 2.54. The third-order valence-corrected chi connectivity index (χ3v) is 2.64. The van der Waals surface area contributed by atoms with Crippen LogP contribution in [0.4, 0.5) is 19.0 Å². The Kier molecular flexibility index (Phi) is 3.39. The molecule has 0 radical (unpaired) electrons. The van der Waals surface area contributed by atoms with E-state index < -0.39 is 12.3 Å². The number of nitrogens with zero attached hydrogens (tertiary/aromatic N) is 3. The molecule has 18 heavy (non-hydrogen) atoms. The van der Waals surface area contributed by atoms with Crippen LogP contribution in [-0.4, -0.2) is 37.0 Å². The molecule has 96 valence electrons.